The number of benzene rings is 2. The van der Waals surface area contributed by atoms with Gasteiger partial charge < -0.3 is 13.9 Å². The Hall–Kier alpha value is -5.23. The minimum atomic E-state index is -0.142. The number of amides is 1. The van der Waals surface area contributed by atoms with Crippen LogP contribution in [0.4, 0.5) is 0 Å². The molecule has 42 heavy (non-hydrogen) atoms. The van der Waals surface area contributed by atoms with Gasteiger partial charge in [-0.15, -0.1) is 10.2 Å². The third kappa shape index (κ3) is 4.81. The Morgan fingerprint density at radius 3 is 2.52 bits per heavy atom. The van der Waals surface area contributed by atoms with Crippen molar-refractivity contribution in [1.29, 1.82) is 0 Å². The number of rotatable bonds is 6. The van der Waals surface area contributed by atoms with Crippen molar-refractivity contribution in [2.24, 2.45) is 14.1 Å². The second-order valence-electron chi connectivity index (χ2n) is 10.3. The average molecular weight is 561 g/mol. The minimum Gasteiger partial charge on any atom is -0.436 e. The van der Waals surface area contributed by atoms with E-state index in [2.05, 4.69) is 42.4 Å². The molecule has 0 saturated carbocycles. The van der Waals surface area contributed by atoms with E-state index < -0.39 is 0 Å². The molecule has 7 rings (SSSR count). The van der Waals surface area contributed by atoms with E-state index in [1.165, 1.54) is 4.80 Å². The van der Waals surface area contributed by atoms with Crippen LogP contribution in [0.15, 0.2) is 83.8 Å². The molecule has 1 aliphatic rings. The number of carbonyl (C=O) groups is 1. The number of carbonyl (C=O) groups excluding carboxylic acids is 1. The third-order valence-electron chi connectivity index (χ3n) is 7.58. The maximum atomic E-state index is 13.5. The molecule has 1 aliphatic heterocycles. The Morgan fingerprint density at radius 1 is 0.952 bits per heavy atom. The van der Waals surface area contributed by atoms with Gasteiger partial charge in [0.05, 0.1) is 31.3 Å². The van der Waals surface area contributed by atoms with Crippen molar-refractivity contribution in [1.82, 2.24) is 49.5 Å². The minimum absolute atomic E-state index is 0.125. The number of piperazine rings is 1. The van der Waals surface area contributed by atoms with Crippen LogP contribution < -0.4 is 0 Å². The normalized spacial score (nSPS) is 14.9. The van der Waals surface area contributed by atoms with E-state index in [4.69, 9.17) is 9.40 Å². The first-order valence-electron chi connectivity index (χ1n) is 13.7. The average Bonchev–Trinajstić information content (AvgIpc) is 3.77. The zero-order chi connectivity index (χ0) is 28.6. The van der Waals surface area contributed by atoms with Gasteiger partial charge in [0.2, 0.25) is 5.89 Å². The van der Waals surface area contributed by atoms with Crippen LogP contribution in [0.5, 0.6) is 0 Å². The first-order valence-corrected chi connectivity index (χ1v) is 13.7. The maximum absolute atomic E-state index is 13.5. The van der Waals surface area contributed by atoms with Crippen LogP contribution in [0.3, 0.4) is 0 Å². The van der Waals surface area contributed by atoms with Gasteiger partial charge in [0, 0.05) is 50.6 Å². The van der Waals surface area contributed by atoms with Crippen molar-refractivity contribution in [3.05, 3.63) is 96.5 Å². The summed E-state index contributed by atoms with van der Waals surface area (Å²) in [6, 6.07) is 19.4. The van der Waals surface area contributed by atoms with Crippen LogP contribution in [-0.4, -0.2) is 81.6 Å². The fourth-order valence-electron chi connectivity index (χ4n) is 5.44. The number of hydrogen-bond acceptors (Lipinski definition) is 9. The molecule has 0 radical (unpaired) electrons. The molecular weight excluding hydrogens is 532 g/mol. The molecule has 1 amide bonds. The molecule has 210 valence electrons. The molecule has 0 N–H and O–H groups in total. The van der Waals surface area contributed by atoms with Gasteiger partial charge >= 0.3 is 0 Å². The number of imidazole rings is 1. The summed E-state index contributed by atoms with van der Waals surface area (Å²) >= 11 is 0. The van der Waals surface area contributed by atoms with Crippen LogP contribution in [0.1, 0.15) is 27.9 Å². The fourth-order valence-corrected chi connectivity index (χ4v) is 5.44. The van der Waals surface area contributed by atoms with Crippen molar-refractivity contribution < 1.29 is 9.21 Å². The predicted octanol–water partition coefficient (Wildman–Crippen LogP) is 3.36. The Kier molecular flexibility index (Phi) is 6.51. The topological polar surface area (TPSA) is 124 Å². The molecule has 5 heterocycles. The molecule has 0 spiro atoms. The monoisotopic (exact) mass is 560 g/mol. The smallest absolute Gasteiger partial charge is 0.272 e. The molecule has 12 nitrogen and oxygen atoms in total. The van der Waals surface area contributed by atoms with Crippen molar-refractivity contribution in [3.63, 3.8) is 0 Å². The second-order valence-corrected chi connectivity index (χ2v) is 10.3. The third-order valence-corrected chi connectivity index (χ3v) is 7.58. The molecule has 6 aromatic rings. The van der Waals surface area contributed by atoms with Crippen molar-refractivity contribution in [2.45, 2.75) is 6.04 Å². The lowest BCUT2D eigenvalue weighted by Gasteiger charge is -2.38. The highest BCUT2D eigenvalue weighted by molar-refractivity contribution is 5.93. The zero-order valence-corrected chi connectivity index (χ0v) is 23.2. The van der Waals surface area contributed by atoms with Gasteiger partial charge in [-0.1, -0.05) is 30.3 Å². The number of pyridine rings is 1. The van der Waals surface area contributed by atoms with E-state index >= 15 is 0 Å². The zero-order valence-electron chi connectivity index (χ0n) is 23.2. The van der Waals surface area contributed by atoms with Gasteiger partial charge in [0.1, 0.15) is 11.2 Å². The van der Waals surface area contributed by atoms with Crippen LogP contribution in [0.2, 0.25) is 0 Å². The first kappa shape index (κ1) is 25.7. The van der Waals surface area contributed by atoms with E-state index in [9.17, 15) is 4.79 Å². The molecule has 2 aromatic carbocycles. The molecule has 1 fully saturated rings. The molecule has 0 aliphatic carbocycles. The fraction of sp³-hybridized carbons (Fsp3) is 0.233. The van der Waals surface area contributed by atoms with Crippen LogP contribution in [0, 0.1) is 0 Å². The predicted molar refractivity (Wildman–Crippen MR) is 154 cm³/mol. The van der Waals surface area contributed by atoms with Gasteiger partial charge in [0.15, 0.2) is 11.4 Å². The van der Waals surface area contributed by atoms with Gasteiger partial charge in [0.25, 0.3) is 5.91 Å². The SMILES string of the molecule is Cn1nnc([C@@H](c2ccccc2)N2CCN(C(=O)c3cc(-c4nc5cc(-c6cncn6C)ccc5o4)ccn3)CC2)n1. The van der Waals surface area contributed by atoms with Crippen LogP contribution >= 0.6 is 0 Å². The van der Waals surface area contributed by atoms with E-state index in [1.807, 2.05) is 59.1 Å². The number of tetrazole rings is 1. The van der Waals surface area contributed by atoms with Gasteiger partial charge in [-0.2, -0.15) is 4.80 Å². The summed E-state index contributed by atoms with van der Waals surface area (Å²) in [6.45, 7) is 2.42. The molecule has 0 unspecified atom stereocenters. The standard InChI is InChI=1S/C30H28N10O2/c1-37-19-31-18-25(37)21-8-9-26-23(16-21)33-29(42-26)22-10-11-32-24(17-22)30(41)40-14-12-39(13-15-40)27(20-6-4-3-5-7-20)28-34-36-38(2)35-28/h3-11,16-19,27H,12-15H2,1-2H3/t27-/m1/s1. The molecule has 12 heteroatoms. The number of aryl methyl sites for hydroxylation is 2. The molecule has 0 bridgehead atoms. The molecular formula is C30H28N10O2. The highest BCUT2D eigenvalue weighted by atomic mass is 16.3. The lowest BCUT2D eigenvalue weighted by Crippen LogP contribution is -2.50. The van der Waals surface area contributed by atoms with Gasteiger partial charge in [-0.05, 0) is 41.1 Å². The van der Waals surface area contributed by atoms with E-state index in [-0.39, 0.29) is 11.9 Å². The molecule has 1 atom stereocenters. The Labute approximate surface area is 241 Å². The summed E-state index contributed by atoms with van der Waals surface area (Å²) in [4.78, 5) is 32.4. The number of oxazole rings is 1. The summed E-state index contributed by atoms with van der Waals surface area (Å²) in [5.41, 5.74) is 5.53. The maximum Gasteiger partial charge on any atom is 0.272 e. The number of nitrogens with zero attached hydrogens (tertiary/aromatic N) is 10. The van der Waals surface area contributed by atoms with E-state index in [1.54, 1.807) is 31.7 Å². The lowest BCUT2D eigenvalue weighted by molar-refractivity contribution is 0.0586. The Bertz CT molecular complexity index is 1870. The second kappa shape index (κ2) is 10.6. The highest BCUT2D eigenvalue weighted by Gasteiger charge is 2.31. The van der Waals surface area contributed by atoms with Crippen molar-refractivity contribution in [3.8, 4) is 22.7 Å². The quantitative estimate of drug-likeness (QED) is 0.302. The number of aromatic nitrogens is 8. The summed E-state index contributed by atoms with van der Waals surface area (Å²) in [6.07, 6.45) is 5.21. The summed E-state index contributed by atoms with van der Waals surface area (Å²) in [7, 11) is 3.71. The van der Waals surface area contributed by atoms with Crippen molar-refractivity contribution >= 4 is 17.0 Å². The van der Waals surface area contributed by atoms with E-state index in [0.717, 1.165) is 22.3 Å². The number of hydrogen-bond donors (Lipinski definition) is 0. The van der Waals surface area contributed by atoms with Crippen LogP contribution in [0.25, 0.3) is 33.8 Å². The molecule has 4 aromatic heterocycles. The highest BCUT2D eigenvalue weighted by Crippen LogP contribution is 2.30. The Morgan fingerprint density at radius 2 is 1.79 bits per heavy atom. The van der Waals surface area contributed by atoms with E-state index in [0.29, 0.717) is 54.7 Å². The van der Waals surface area contributed by atoms with Crippen molar-refractivity contribution in [2.75, 3.05) is 26.2 Å². The van der Waals surface area contributed by atoms with Gasteiger partial charge in [-0.25, -0.2) is 9.97 Å². The summed E-state index contributed by atoms with van der Waals surface area (Å²) in [5.74, 6) is 0.958. The summed E-state index contributed by atoms with van der Waals surface area (Å²) < 4.78 is 8.01. The largest absolute Gasteiger partial charge is 0.436 e. The molecule has 1 saturated heterocycles. The van der Waals surface area contributed by atoms with Gasteiger partial charge in [-0.3, -0.25) is 14.7 Å². The first-order chi connectivity index (χ1) is 20.5. The lowest BCUT2D eigenvalue weighted by atomic mass is 10.0. The number of fused-ring (bicyclic) bond motifs is 1. The Balaban J connectivity index is 1.08. The summed E-state index contributed by atoms with van der Waals surface area (Å²) in [5, 5.41) is 12.8. The van der Waals surface area contributed by atoms with Crippen LogP contribution in [-0.2, 0) is 14.1 Å².